The van der Waals surface area contributed by atoms with Crippen molar-refractivity contribution in [2.24, 2.45) is 11.8 Å². The van der Waals surface area contributed by atoms with Gasteiger partial charge in [0.25, 0.3) is 0 Å². The van der Waals surface area contributed by atoms with Crippen LogP contribution in [0.15, 0.2) is 66.9 Å². The van der Waals surface area contributed by atoms with E-state index in [-0.39, 0.29) is 18.5 Å². The molecular formula is C21H20N2O2. The predicted octanol–water partition coefficient (Wildman–Crippen LogP) is 4.24. The number of esters is 1. The standard InChI is InChI=1S/C21H20N2O2/c1-15-12-19(15)21(24)25-14-17-13-23(18-10-6-3-7-11-18)22-20(17)16-8-4-2-5-9-16/h2-11,13,15,19H,12,14H2,1H3. The lowest BCUT2D eigenvalue weighted by atomic mass is 10.1. The van der Waals surface area contributed by atoms with E-state index in [1.165, 1.54) is 0 Å². The van der Waals surface area contributed by atoms with E-state index in [0.717, 1.165) is 28.9 Å². The van der Waals surface area contributed by atoms with Crippen molar-refractivity contribution in [2.45, 2.75) is 20.0 Å². The Morgan fingerprint density at radius 3 is 2.40 bits per heavy atom. The molecule has 1 saturated carbocycles. The number of rotatable bonds is 5. The molecule has 1 aliphatic carbocycles. The van der Waals surface area contributed by atoms with E-state index < -0.39 is 0 Å². The Morgan fingerprint density at radius 2 is 1.76 bits per heavy atom. The van der Waals surface area contributed by atoms with Gasteiger partial charge in [-0.25, -0.2) is 4.68 Å². The van der Waals surface area contributed by atoms with Crippen LogP contribution in [0.5, 0.6) is 0 Å². The second kappa shape index (κ2) is 6.55. The molecule has 1 heterocycles. The van der Waals surface area contributed by atoms with Gasteiger partial charge in [-0.05, 0) is 24.5 Å². The van der Waals surface area contributed by atoms with Gasteiger partial charge in [-0.3, -0.25) is 4.79 Å². The van der Waals surface area contributed by atoms with Crippen LogP contribution >= 0.6 is 0 Å². The Kier molecular flexibility index (Phi) is 4.10. The van der Waals surface area contributed by atoms with Gasteiger partial charge in [0.05, 0.1) is 17.3 Å². The summed E-state index contributed by atoms with van der Waals surface area (Å²) >= 11 is 0. The Hall–Kier alpha value is -2.88. The summed E-state index contributed by atoms with van der Waals surface area (Å²) in [5, 5.41) is 4.73. The zero-order valence-corrected chi connectivity index (χ0v) is 14.1. The quantitative estimate of drug-likeness (QED) is 0.657. The summed E-state index contributed by atoms with van der Waals surface area (Å²) in [4.78, 5) is 12.1. The Morgan fingerprint density at radius 1 is 1.12 bits per heavy atom. The molecular weight excluding hydrogens is 312 g/mol. The fourth-order valence-electron chi connectivity index (χ4n) is 2.97. The highest BCUT2D eigenvalue weighted by molar-refractivity contribution is 5.75. The Balaban J connectivity index is 1.63. The van der Waals surface area contributed by atoms with Crippen molar-refractivity contribution < 1.29 is 9.53 Å². The van der Waals surface area contributed by atoms with Gasteiger partial charge in [-0.2, -0.15) is 5.10 Å². The maximum absolute atomic E-state index is 12.1. The third-order valence-electron chi connectivity index (χ3n) is 4.64. The molecule has 4 heteroatoms. The van der Waals surface area contributed by atoms with Gasteiger partial charge in [0.1, 0.15) is 6.61 Å². The Bertz CT molecular complexity index is 871. The molecule has 0 N–H and O–H groups in total. The van der Waals surface area contributed by atoms with Crippen LogP contribution in [0.25, 0.3) is 16.9 Å². The summed E-state index contributed by atoms with van der Waals surface area (Å²) < 4.78 is 7.38. The molecule has 0 aliphatic heterocycles. The minimum absolute atomic E-state index is 0.0735. The molecule has 0 bridgehead atoms. The van der Waals surface area contributed by atoms with E-state index in [1.807, 2.05) is 71.5 Å². The van der Waals surface area contributed by atoms with Crippen LogP contribution < -0.4 is 0 Å². The van der Waals surface area contributed by atoms with E-state index >= 15 is 0 Å². The molecule has 1 aromatic heterocycles. The average molecular weight is 332 g/mol. The number of carbonyl (C=O) groups is 1. The van der Waals surface area contributed by atoms with E-state index in [4.69, 9.17) is 9.84 Å². The van der Waals surface area contributed by atoms with E-state index in [2.05, 4.69) is 6.92 Å². The van der Waals surface area contributed by atoms with Crippen LogP contribution in [-0.2, 0) is 16.1 Å². The number of ether oxygens (including phenoxy) is 1. The highest BCUT2D eigenvalue weighted by atomic mass is 16.5. The smallest absolute Gasteiger partial charge is 0.309 e. The van der Waals surface area contributed by atoms with Crippen molar-refractivity contribution in [3.8, 4) is 16.9 Å². The molecule has 2 unspecified atom stereocenters. The number of carbonyl (C=O) groups excluding carboxylic acids is 1. The van der Waals surface area contributed by atoms with Gasteiger partial charge in [0, 0.05) is 17.3 Å². The minimum atomic E-state index is -0.0982. The van der Waals surface area contributed by atoms with Gasteiger partial charge >= 0.3 is 5.97 Å². The summed E-state index contributed by atoms with van der Waals surface area (Å²) in [6.45, 7) is 2.33. The summed E-state index contributed by atoms with van der Waals surface area (Å²) in [5.74, 6) is 0.427. The van der Waals surface area contributed by atoms with Crippen LogP contribution in [0.4, 0.5) is 0 Å². The molecule has 3 aromatic rings. The number of hydrogen-bond acceptors (Lipinski definition) is 3. The maximum Gasteiger partial charge on any atom is 0.309 e. The van der Waals surface area contributed by atoms with Gasteiger partial charge in [0.2, 0.25) is 0 Å². The SMILES string of the molecule is CC1CC1C(=O)OCc1cn(-c2ccccc2)nc1-c1ccccc1. The number of aromatic nitrogens is 2. The molecule has 0 amide bonds. The fraction of sp³-hybridized carbons (Fsp3) is 0.238. The van der Waals surface area contributed by atoms with E-state index in [1.54, 1.807) is 0 Å². The second-order valence-electron chi connectivity index (χ2n) is 6.58. The molecule has 1 aliphatic rings. The molecule has 2 atom stereocenters. The first-order valence-corrected chi connectivity index (χ1v) is 8.58. The van der Waals surface area contributed by atoms with Crippen LogP contribution in [0.1, 0.15) is 18.9 Å². The molecule has 126 valence electrons. The highest BCUT2D eigenvalue weighted by Crippen LogP contribution is 2.39. The number of para-hydroxylation sites is 1. The molecule has 25 heavy (non-hydrogen) atoms. The first-order chi connectivity index (χ1) is 12.2. The first-order valence-electron chi connectivity index (χ1n) is 8.58. The maximum atomic E-state index is 12.1. The summed E-state index contributed by atoms with van der Waals surface area (Å²) in [7, 11) is 0. The number of benzene rings is 2. The third-order valence-corrected chi connectivity index (χ3v) is 4.64. The van der Waals surface area contributed by atoms with Crippen LogP contribution in [0, 0.1) is 11.8 Å². The molecule has 0 saturated heterocycles. The highest BCUT2D eigenvalue weighted by Gasteiger charge is 2.40. The van der Waals surface area contributed by atoms with Gasteiger partial charge in [0.15, 0.2) is 0 Å². The minimum Gasteiger partial charge on any atom is -0.460 e. The van der Waals surface area contributed by atoms with E-state index in [0.29, 0.717) is 5.92 Å². The molecule has 0 radical (unpaired) electrons. The predicted molar refractivity (Wildman–Crippen MR) is 96.1 cm³/mol. The normalized spacial score (nSPS) is 18.8. The largest absolute Gasteiger partial charge is 0.460 e. The van der Waals surface area contributed by atoms with Gasteiger partial charge in [-0.15, -0.1) is 0 Å². The van der Waals surface area contributed by atoms with Gasteiger partial charge < -0.3 is 4.74 Å². The average Bonchev–Trinajstić information content (AvgIpc) is 3.24. The van der Waals surface area contributed by atoms with E-state index in [9.17, 15) is 4.79 Å². The zero-order chi connectivity index (χ0) is 17.2. The molecule has 2 aromatic carbocycles. The lowest BCUT2D eigenvalue weighted by Gasteiger charge is -2.04. The van der Waals surface area contributed by atoms with Crippen LogP contribution in [0.2, 0.25) is 0 Å². The van der Waals surface area contributed by atoms with Crippen LogP contribution in [0.3, 0.4) is 0 Å². The Labute approximate surface area is 147 Å². The van der Waals surface area contributed by atoms with Crippen molar-refractivity contribution in [2.75, 3.05) is 0 Å². The van der Waals surface area contributed by atoms with Crippen molar-refractivity contribution in [3.63, 3.8) is 0 Å². The lowest BCUT2D eigenvalue weighted by Crippen LogP contribution is -2.07. The third kappa shape index (κ3) is 3.33. The lowest BCUT2D eigenvalue weighted by molar-refractivity contribution is -0.146. The first kappa shape index (κ1) is 15.6. The van der Waals surface area contributed by atoms with Crippen LogP contribution in [-0.4, -0.2) is 15.7 Å². The fourth-order valence-corrected chi connectivity index (χ4v) is 2.97. The molecule has 4 nitrogen and oxygen atoms in total. The molecule has 0 spiro atoms. The monoisotopic (exact) mass is 332 g/mol. The zero-order valence-electron chi connectivity index (χ0n) is 14.1. The topological polar surface area (TPSA) is 44.1 Å². The summed E-state index contributed by atoms with van der Waals surface area (Å²) in [6.07, 6.45) is 2.88. The van der Waals surface area contributed by atoms with Crippen molar-refractivity contribution in [3.05, 3.63) is 72.4 Å². The van der Waals surface area contributed by atoms with Crippen molar-refractivity contribution >= 4 is 5.97 Å². The van der Waals surface area contributed by atoms with Gasteiger partial charge in [-0.1, -0.05) is 55.5 Å². The second-order valence-corrected chi connectivity index (χ2v) is 6.58. The molecule has 1 fully saturated rings. The van der Waals surface area contributed by atoms with Crippen molar-refractivity contribution in [1.82, 2.24) is 9.78 Å². The molecule has 4 rings (SSSR count). The van der Waals surface area contributed by atoms with Crippen molar-refractivity contribution in [1.29, 1.82) is 0 Å². The number of hydrogen-bond donors (Lipinski definition) is 0. The summed E-state index contributed by atoms with van der Waals surface area (Å²) in [5.41, 5.74) is 3.76. The summed E-state index contributed by atoms with van der Waals surface area (Å²) in [6, 6.07) is 19.9. The number of nitrogens with zero attached hydrogens (tertiary/aromatic N) is 2.